The zero-order valence-corrected chi connectivity index (χ0v) is 16.8. The van der Waals surface area contributed by atoms with E-state index in [4.69, 9.17) is 4.74 Å². The van der Waals surface area contributed by atoms with Crippen molar-refractivity contribution in [2.24, 2.45) is 0 Å². The van der Waals surface area contributed by atoms with Gasteiger partial charge in [-0.2, -0.15) is 0 Å². The molecule has 2 aromatic rings. The highest BCUT2D eigenvalue weighted by atomic mass is 79.9. The van der Waals surface area contributed by atoms with Gasteiger partial charge in [0.05, 0.1) is 28.0 Å². The Balaban J connectivity index is 1.90. The molecule has 28 heavy (non-hydrogen) atoms. The van der Waals surface area contributed by atoms with Crippen molar-refractivity contribution in [2.75, 3.05) is 7.11 Å². The molecular formula is C18H13BrN2O6S. The third-order valence-corrected chi connectivity index (χ3v) is 5.47. The number of amides is 2. The van der Waals surface area contributed by atoms with Crippen LogP contribution in [0, 0.1) is 10.1 Å². The first kappa shape index (κ1) is 19.9. The average molecular weight is 465 g/mol. The standard InChI is InChI=1S/C18H13BrN2O6S/c1-27-14-7-10(6-12(19)16(14)22)8-15-17(23)20(18(24)28-15)9-11-4-2-3-5-13(11)21(25)26/h2-8,22H,9H2,1H3/b15-8-. The molecule has 1 aliphatic rings. The molecule has 1 saturated heterocycles. The maximum atomic E-state index is 12.7. The molecule has 1 heterocycles. The van der Waals surface area contributed by atoms with Crippen molar-refractivity contribution < 1.29 is 24.4 Å². The smallest absolute Gasteiger partial charge is 0.293 e. The van der Waals surface area contributed by atoms with Crippen molar-refractivity contribution in [3.05, 3.63) is 67.0 Å². The number of para-hydroxylation sites is 1. The molecule has 0 saturated carbocycles. The Morgan fingerprint density at radius 1 is 1.32 bits per heavy atom. The van der Waals surface area contributed by atoms with Gasteiger partial charge in [-0.15, -0.1) is 0 Å². The number of aromatic hydroxyl groups is 1. The third-order valence-electron chi connectivity index (χ3n) is 3.96. The van der Waals surface area contributed by atoms with Crippen molar-refractivity contribution in [1.82, 2.24) is 4.90 Å². The van der Waals surface area contributed by atoms with Crippen molar-refractivity contribution in [3.63, 3.8) is 0 Å². The molecule has 2 amide bonds. The Bertz CT molecular complexity index is 1020. The Morgan fingerprint density at radius 3 is 2.71 bits per heavy atom. The number of ether oxygens (including phenoxy) is 1. The van der Waals surface area contributed by atoms with Gasteiger partial charge in [0.1, 0.15) is 0 Å². The van der Waals surface area contributed by atoms with Crippen LogP contribution in [0.1, 0.15) is 11.1 Å². The number of nitrogens with zero attached hydrogens (tertiary/aromatic N) is 2. The fourth-order valence-corrected chi connectivity index (χ4v) is 3.91. The van der Waals surface area contributed by atoms with E-state index in [9.17, 15) is 24.8 Å². The van der Waals surface area contributed by atoms with Crippen LogP contribution in [0.15, 0.2) is 45.8 Å². The number of halogens is 1. The molecule has 2 aromatic carbocycles. The molecule has 8 nitrogen and oxygen atoms in total. The number of nitro benzene ring substituents is 1. The van der Waals surface area contributed by atoms with Crippen molar-refractivity contribution in [3.8, 4) is 11.5 Å². The molecule has 0 aromatic heterocycles. The molecule has 1 aliphatic heterocycles. The summed E-state index contributed by atoms with van der Waals surface area (Å²) in [7, 11) is 1.39. The summed E-state index contributed by atoms with van der Waals surface area (Å²) in [4.78, 5) is 36.7. The van der Waals surface area contributed by atoms with E-state index in [0.29, 0.717) is 10.0 Å². The minimum Gasteiger partial charge on any atom is -0.503 e. The number of hydrogen-bond donors (Lipinski definition) is 1. The van der Waals surface area contributed by atoms with Gasteiger partial charge < -0.3 is 9.84 Å². The summed E-state index contributed by atoms with van der Waals surface area (Å²) in [5, 5.41) is 20.5. The Morgan fingerprint density at radius 2 is 2.04 bits per heavy atom. The second-order valence-corrected chi connectivity index (χ2v) is 7.55. The number of imide groups is 1. The van der Waals surface area contributed by atoms with Crippen molar-refractivity contribution >= 4 is 50.6 Å². The topological polar surface area (TPSA) is 110 Å². The van der Waals surface area contributed by atoms with Gasteiger partial charge in [-0.25, -0.2) is 0 Å². The Labute approximate surface area is 172 Å². The molecule has 0 spiro atoms. The maximum absolute atomic E-state index is 12.7. The van der Waals surface area contributed by atoms with Gasteiger partial charge in [0.25, 0.3) is 16.8 Å². The first-order valence-corrected chi connectivity index (χ1v) is 9.47. The fourth-order valence-electron chi connectivity index (χ4n) is 2.61. The SMILES string of the molecule is COc1cc(/C=C2\SC(=O)N(Cc3ccccc3[N+](=O)[O-])C2=O)cc(Br)c1O. The van der Waals surface area contributed by atoms with E-state index < -0.39 is 16.1 Å². The lowest BCUT2D eigenvalue weighted by molar-refractivity contribution is -0.385. The number of phenolic OH excluding ortho intramolecular Hbond substituents is 1. The molecule has 1 fully saturated rings. The van der Waals surface area contributed by atoms with E-state index in [-0.39, 0.29) is 34.2 Å². The quantitative estimate of drug-likeness (QED) is 0.398. The van der Waals surface area contributed by atoms with Crippen LogP contribution < -0.4 is 4.74 Å². The molecule has 10 heteroatoms. The number of rotatable bonds is 5. The van der Waals surface area contributed by atoms with E-state index >= 15 is 0 Å². The number of hydrogen-bond acceptors (Lipinski definition) is 7. The van der Waals surface area contributed by atoms with Gasteiger partial charge >= 0.3 is 0 Å². The second-order valence-electron chi connectivity index (χ2n) is 5.71. The normalized spacial score (nSPS) is 15.4. The first-order valence-electron chi connectivity index (χ1n) is 7.86. The summed E-state index contributed by atoms with van der Waals surface area (Å²) >= 11 is 3.94. The Kier molecular flexibility index (Phi) is 5.71. The van der Waals surface area contributed by atoms with Crippen LogP contribution in [0.2, 0.25) is 0 Å². The highest BCUT2D eigenvalue weighted by Gasteiger charge is 2.36. The Hall–Kier alpha value is -2.85. The molecule has 0 unspecified atom stereocenters. The molecule has 0 aliphatic carbocycles. The lowest BCUT2D eigenvalue weighted by Crippen LogP contribution is -2.27. The van der Waals surface area contributed by atoms with Crippen LogP contribution in [-0.2, 0) is 11.3 Å². The number of nitro groups is 1. The molecular weight excluding hydrogens is 452 g/mol. The van der Waals surface area contributed by atoms with Crippen LogP contribution in [0.4, 0.5) is 10.5 Å². The molecule has 0 atom stereocenters. The van der Waals surface area contributed by atoms with Crippen LogP contribution in [0.5, 0.6) is 11.5 Å². The molecule has 1 N–H and O–H groups in total. The highest BCUT2D eigenvalue weighted by molar-refractivity contribution is 9.10. The lowest BCUT2D eigenvalue weighted by atomic mass is 10.1. The number of carbonyl (C=O) groups is 2. The molecule has 3 rings (SSSR count). The predicted octanol–water partition coefficient (Wildman–Crippen LogP) is 4.31. The second kappa shape index (κ2) is 8.03. The third kappa shape index (κ3) is 3.87. The van der Waals surface area contributed by atoms with Gasteiger partial charge in [0, 0.05) is 11.6 Å². The number of phenols is 1. The van der Waals surface area contributed by atoms with Gasteiger partial charge in [-0.05, 0) is 51.5 Å². The van der Waals surface area contributed by atoms with Crippen LogP contribution in [0.3, 0.4) is 0 Å². The summed E-state index contributed by atoms with van der Waals surface area (Å²) in [6, 6.07) is 9.06. The molecule has 0 bridgehead atoms. The maximum Gasteiger partial charge on any atom is 0.293 e. The molecule has 0 radical (unpaired) electrons. The largest absolute Gasteiger partial charge is 0.503 e. The van der Waals surface area contributed by atoms with E-state index in [1.165, 1.54) is 37.5 Å². The van der Waals surface area contributed by atoms with Gasteiger partial charge in [0.2, 0.25) is 0 Å². The minimum atomic E-state index is -0.551. The number of thioether (sulfide) groups is 1. The summed E-state index contributed by atoms with van der Waals surface area (Å²) in [5.41, 5.74) is 0.653. The molecule has 144 valence electrons. The van der Waals surface area contributed by atoms with E-state index in [1.807, 2.05) is 0 Å². The van der Waals surface area contributed by atoms with Crippen LogP contribution in [0.25, 0.3) is 6.08 Å². The van der Waals surface area contributed by atoms with Crippen molar-refractivity contribution in [1.29, 1.82) is 0 Å². The van der Waals surface area contributed by atoms with E-state index in [0.717, 1.165) is 16.7 Å². The van der Waals surface area contributed by atoms with Gasteiger partial charge in [-0.1, -0.05) is 18.2 Å². The number of methoxy groups -OCH3 is 1. The monoisotopic (exact) mass is 464 g/mol. The van der Waals surface area contributed by atoms with Crippen molar-refractivity contribution in [2.45, 2.75) is 6.54 Å². The summed E-state index contributed by atoms with van der Waals surface area (Å²) in [5.74, 6) is -0.416. The zero-order valence-electron chi connectivity index (χ0n) is 14.4. The fraction of sp³-hybridized carbons (Fsp3) is 0.111. The number of benzene rings is 2. The number of carbonyl (C=O) groups excluding carboxylic acids is 2. The van der Waals surface area contributed by atoms with Crippen LogP contribution >= 0.6 is 27.7 Å². The highest BCUT2D eigenvalue weighted by Crippen LogP contribution is 2.38. The summed E-state index contributed by atoms with van der Waals surface area (Å²) in [6.07, 6.45) is 1.50. The predicted molar refractivity (Wildman–Crippen MR) is 107 cm³/mol. The first-order chi connectivity index (χ1) is 13.3. The van der Waals surface area contributed by atoms with E-state index in [2.05, 4.69) is 15.9 Å². The average Bonchev–Trinajstić information content (AvgIpc) is 2.92. The van der Waals surface area contributed by atoms with Gasteiger partial charge in [-0.3, -0.25) is 24.6 Å². The van der Waals surface area contributed by atoms with Crippen LogP contribution in [-0.4, -0.2) is 33.2 Å². The summed E-state index contributed by atoms with van der Waals surface area (Å²) in [6.45, 7) is -0.193. The van der Waals surface area contributed by atoms with Gasteiger partial charge in [0.15, 0.2) is 11.5 Å². The zero-order chi connectivity index (χ0) is 20.4. The summed E-state index contributed by atoms with van der Waals surface area (Å²) < 4.78 is 5.44. The lowest BCUT2D eigenvalue weighted by Gasteiger charge is -2.12. The van der Waals surface area contributed by atoms with E-state index in [1.54, 1.807) is 12.1 Å². The minimum absolute atomic E-state index is 0.0795.